The van der Waals surface area contributed by atoms with Gasteiger partial charge in [-0.25, -0.2) is 0 Å². The van der Waals surface area contributed by atoms with Crippen molar-refractivity contribution in [3.8, 4) is 0 Å². The zero-order valence-electron chi connectivity index (χ0n) is 56.8. The lowest BCUT2D eigenvalue weighted by Gasteiger charge is -2.48. The topological polar surface area (TPSA) is 278 Å². The quantitative estimate of drug-likeness (QED) is 0.127. The van der Waals surface area contributed by atoms with E-state index in [1.165, 1.54) is 0 Å². The second-order valence-corrected chi connectivity index (χ2v) is 27.8. The summed E-state index contributed by atoms with van der Waals surface area (Å²) in [5.74, 6) is -5.24. The number of ketones is 2. The molecule has 0 aliphatic carbocycles. The molecule has 8 N–H and O–H groups in total. The van der Waals surface area contributed by atoms with E-state index in [1.807, 2.05) is 74.4 Å². The average Bonchev–Trinajstić information content (AvgIpc) is 1.44. The predicted octanol–water partition coefficient (Wildman–Crippen LogP) is 3.84. The Morgan fingerprint density at radius 2 is 0.919 bits per heavy atom. The van der Waals surface area contributed by atoms with Gasteiger partial charge in [0.05, 0.1) is 60.9 Å². The van der Waals surface area contributed by atoms with Gasteiger partial charge in [0.25, 0.3) is 0 Å². The molecule has 6 aliphatic heterocycles. The third kappa shape index (κ3) is 18.4. The van der Waals surface area contributed by atoms with Gasteiger partial charge in [0.15, 0.2) is 24.1 Å². The largest absolute Gasteiger partial charge is 0.459 e. The molecule has 502 valence electrons. The molecule has 0 radical (unpaired) electrons. The normalized spacial score (nSPS) is 45.8. The van der Waals surface area contributed by atoms with Gasteiger partial charge in [0.2, 0.25) is 0 Å². The summed E-state index contributed by atoms with van der Waals surface area (Å²) in [4.78, 5) is 59.1. The van der Waals surface area contributed by atoms with Crippen molar-refractivity contribution < 1.29 is 77.5 Å². The van der Waals surface area contributed by atoms with Gasteiger partial charge in [0.1, 0.15) is 41.3 Å². The Morgan fingerprint density at radius 3 is 1.29 bits per heavy atom. The van der Waals surface area contributed by atoms with Crippen LogP contribution in [0.1, 0.15) is 156 Å². The van der Waals surface area contributed by atoms with Crippen molar-refractivity contribution in [3.63, 3.8) is 0 Å². The van der Waals surface area contributed by atoms with Crippen LogP contribution in [0.3, 0.4) is 0 Å². The van der Waals surface area contributed by atoms with Gasteiger partial charge < -0.3 is 89.4 Å². The molecule has 0 saturated carbocycles. The number of ether oxygens (including phenoxy) is 8. The molecule has 0 spiro atoms. The van der Waals surface area contributed by atoms with E-state index in [0.717, 1.165) is 13.5 Å². The van der Waals surface area contributed by atoms with E-state index in [-0.39, 0.29) is 65.7 Å². The molecule has 6 rings (SSSR count). The molecule has 4 bridgehead atoms. The van der Waals surface area contributed by atoms with Crippen LogP contribution < -0.4 is 21.3 Å². The molecule has 26 atom stereocenters. The van der Waals surface area contributed by atoms with Crippen LogP contribution in [0, 0.1) is 41.4 Å². The van der Waals surface area contributed by atoms with E-state index in [4.69, 9.17) is 43.0 Å². The van der Waals surface area contributed by atoms with Crippen LogP contribution in [-0.4, -0.2) is 242 Å². The van der Waals surface area contributed by atoms with Crippen molar-refractivity contribution in [2.24, 2.45) is 41.4 Å². The Bertz CT molecular complexity index is 1980. The highest BCUT2D eigenvalue weighted by Gasteiger charge is 2.54. The van der Waals surface area contributed by atoms with Crippen LogP contribution >= 0.6 is 0 Å². The predicted molar refractivity (Wildman–Crippen MR) is 329 cm³/mol. The third-order valence-corrected chi connectivity index (χ3v) is 19.7. The Kier molecular flexibility index (Phi) is 29.0. The number of cyclic esters (lactones) is 2. The number of fused-ring (bicyclic) bond motifs is 10. The molecule has 22 heteroatoms. The Labute approximate surface area is 516 Å². The van der Waals surface area contributed by atoms with Gasteiger partial charge in [-0.3, -0.25) is 19.2 Å². The summed E-state index contributed by atoms with van der Waals surface area (Å²) in [7, 11) is 8.97. The maximum atomic E-state index is 14.1. The highest BCUT2D eigenvalue weighted by molar-refractivity contribution is 6.00. The standard InChI is InChI=1S/C32H59N3O7.C31H57N3O8.CH4O/c1-12-25-32(9,38)27-23(7)34-17-18(2)16-31(8,39-14-13-33-27)28(21(5)26(36)22(6)29(37)41-25)42-30-20(4)24(35(10)11)15-19(3)40-30;1-11-23-31(8,38)26-21(6)33-16-17(2)15-30(7,39-13-12-32-26)27(19(4)24(35)20(5)28(37)41-23)42-29-25(36)22(34(9)10)14-18(3)40-29;1-2/h18-25,27-28,30,33-34,38H,12-17H2,1-11H3;17-23,25-27,29,32-33,36,38H,11-16H2,1-10H3;2H,1H3/t18-,19?,20?,21+,22-,23-,24?,25-,27-,28-,30?,31-,32-;17-,18?,19+,20-,21-,22?,23-,25?,26-,27-,29?,30-,31-;/m11./s1. The molecule has 6 fully saturated rings. The van der Waals surface area contributed by atoms with E-state index in [9.17, 15) is 34.5 Å². The van der Waals surface area contributed by atoms with Crippen LogP contribution in [0.25, 0.3) is 0 Å². The lowest BCUT2D eigenvalue weighted by molar-refractivity contribution is -0.297. The third-order valence-electron chi connectivity index (χ3n) is 19.7. The summed E-state index contributed by atoms with van der Waals surface area (Å²) in [5, 5.41) is 56.1. The highest BCUT2D eigenvalue weighted by Crippen LogP contribution is 2.41. The molecule has 86 heavy (non-hydrogen) atoms. The summed E-state index contributed by atoms with van der Waals surface area (Å²) in [5.41, 5.74) is -4.65. The van der Waals surface area contributed by atoms with Gasteiger partial charge in [-0.2, -0.15) is 0 Å². The lowest BCUT2D eigenvalue weighted by atomic mass is 9.78. The number of likely N-dealkylation sites (N-methyl/N-ethyl adjacent to an activating group) is 1. The number of carbonyl (C=O) groups excluding carboxylic acids is 4. The first-order chi connectivity index (χ1) is 40.1. The molecule has 0 aromatic heterocycles. The van der Waals surface area contributed by atoms with Crippen LogP contribution in [-0.2, 0) is 57.1 Å². The second kappa shape index (κ2) is 32.8. The molecule has 0 aromatic rings. The van der Waals surface area contributed by atoms with Gasteiger partial charge >= 0.3 is 11.9 Å². The number of rotatable bonds is 8. The number of hydrogen-bond acceptors (Lipinski definition) is 22. The monoisotopic (exact) mass is 1230 g/mol. The van der Waals surface area contributed by atoms with E-state index in [0.29, 0.717) is 71.5 Å². The van der Waals surface area contributed by atoms with Gasteiger partial charge in [-0.1, -0.05) is 48.5 Å². The van der Waals surface area contributed by atoms with E-state index in [2.05, 4.69) is 68.0 Å². The molecule has 6 heterocycles. The van der Waals surface area contributed by atoms with Gasteiger partial charge in [-0.15, -0.1) is 0 Å². The summed E-state index contributed by atoms with van der Waals surface area (Å²) in [6.07, 6.45) is -2.35. The molecule has 6 aliphatic rings. The molecule has 0 aromatic carbocycles. The first-order valence-electron chi connectivity index (χ1n) is 32.3. The number of aliphatic hydroxyl groups is 4. The molecule has 22 nitrogen and oxygen atoms in total. The Morgan fingerprint density at radius 1 is 0.558 bits per heavy atom. The fraction of sp³-hybridized carbons (Fsp3) is 0.938. The minimum absolute atomic E-state index is 0.0113. The van der Waals surface area contributed by atoms with E-state index >= 15 is 0 Å². The van der Waals surface area contributed by atoms with Crippen molar-refractivity contribution in [2.75, 3.05) is 74.7 Å². The minimum atomic E-state index is -1.42. The lowest BCUT2D eigenvalue weighted by Crippen LogP contribution is -2.64. The molecular formula is C64H120N6O16. The zero-order valence-corrected chi connectivity index (χ0v) is 56.8. The first kappa shape index (κ1) is 76.1. The van der Waals surface area contributed by atoms with Crippen molar-refractivity contribution >= 4 is 23.5 Å². The van der Waals surface area contributed by atoms with Gasteiger partial charge in [-0.05, 0) is 161 Å². The average molecular weight is 1230 g/mol. The highest BCUT2D eigenvalue weighted by atomic mass is 16.7. The number of Topliss-reactive ketones (excluding diaryl/α,β-unsaturated/α-hetero) is 2. The number of aliphatic hydroxyl groups excluding tert-OH is 2. The zero-order chi connectivity index (χ0) is 65.1. The summed E-state index contributed by atoms with van der Waals surface area (Å²) < 4.78 is 51.2. The van der Waals surface area contributed by atoms with Crippen molar-refractivity contribution in [1.29, 1.82) is 0 Å². The van der Waals surface area contributed by atoms with Crippen LogP contribution in [0.15, 0.2) is 0 Å². The number of nitrogens with one attached hydrogen (secondary N) is 4. The fourth-order valence-corrected chi connectivity index (χ4v) is 14.8. The van der Waals surface area contributed by atoms with Crippen LogP contribution in [0.4, 0.5) is 0 Å². The number of esters is 2. The Hall–Kier alpha value is -2.36. The van der Waals surface area contributed by atoms with Crippen LogP contribution in [0.5, 0.6) is 0 Å². The number of nitrogens with zero attached hydrogens (tertiary/aromatic N) is 2. The summed E-state index contributed by atoms with van der Waals surface area (Å²) >= 11 is 0. The van der Waals surface area contributed by atoms with Crippen LogP contribution in [0.2, 0.25) is 0 Å². The minimum Gasteiger partial charge on any atom is -0.459 e. The van der Waals surface area contributed by atoms with Crippen molar-refractivity contribution in [1.82, 2.24) is 31.1 Å². The van der Waals surface area contributed by atoms with E-state index < -0.39 is 113 Å². The molecule has 8 unspecified atom stereocenters. The first-order valence-corrected chi connectivity index (χ1v) is 32.3. The Balaban J connectivity index is 0.000000358. The maximum Gasteiger partial charge on any atom is 0.316 e. The molecule has 6 saturated heterocycles. The summed E-state index contributed by atoms with van der Waals surface area (Å²) in [6, 6.07) is -1.13. The fourth-order valence-electron chi connectivity index (χ4n) is 14.8. The van der Waals surface area contributed by atoms with E-state index in [1.54, 1.807) is 34.6 Å². The second-order valence-electron chi connectivity index (χ2n) is 27.8. The maximum absolute atomic E-state index is 14.1. The molecule has 0 amide bonds. The SMILES string of the molecule is CC[C@H]1OC(=O)[C@H](C)C(=O)[C@H](C)[C@@H](OC2OC(C)CC(N(C)C)C2C)[C@@]2(C)C[C@@H](C)CN[C@H](C)[C@@H](NCCO2)[C@]1(C)O.CC[C@H]1OC(=O)[C@H](C)C(=O)[C@H](C)[C@@H](OC2OC(C)CC(N(C)C)C2O)[C@@]2(C)C[C@@H](C)CN[C@H](C)[C@@H](NCCO2)[C@]1(C)O.CO. The summed E-state index contributed by atoms with van der Waals surface area (Å²) in [6.45, 7) is 35.1. The smallest absolute Gasteiger partial charge is 0.316 e. The van der Waals surface area contributed by atoms with Crippen molar-refractivity contribution in [3.05, 3.63) is 0 Å². The van der Waals surface area contributed by atoms with Crippen molar-refractivity contribution in [2.45, 2.75) is 270 Å². The number of carbonyl (C=O) groups is 4. The molecular weight excluding hydrogens is 1110 g/mol. The van der Waals surface area contributed by atoms with Gasteiger partial charge in [0, 0.05) is 62.1 Å². The number of hydrogen-bond donors (Lipinski definition) is 8.